The van der Waals surface area contributed by atoms with Gasteiger partial charge in [-0.1, -0.05) is 25.4 Å². The Morgan fingerprint density at radius 1 is 1.50 bits per heavy atom. The van der Waals surface area contributed by atoms with E-state index in [1.165, 1.54) is 0 Å². The molecule has 0 aromatic carbocycles. The Kier molecular flexibility index (Phi) is 4.27. The average Bonchev–Trinajstić information content (AvgIpc) is 2.47. The Morgan fingerprint density at radius 2 is 2.14 bits per heavy atom. The first kappa shape index (κ1) is 11.9. The van der Waals surface area contributed by atoms with Crippen molar-refractivity contribution < 1.29 is 0 Å². The molecule has 0 amide bonds. The summed E-state index contributed by atoms with van der Waals surface area (Å²) >= 11 is 12.1. The Bertz CT molecular complexity index is 294. The van der Waals surface area contributed by atoms with Gasteiger partial charge >= 0.3 is 0 Å². The fourth-order valence-electron chi connectivity index (χ4n) is 1.43. The van der Waals surface area contributed by atoms with Crippen LogP contribution in [-0.2, 0) is 6.54 Å². The molecule has 0 radical (unpaired) electrons. The van der Waals surface area contributed by atoms with Crippen LogP contribution in [0.2, 0.25) is 5.02 Å². The van der Waals surface area contributed by atoms with Gasteiger partial charge in [0.15, 0.2) is 0 Å². The zero-order chi connectivity index (χ0) is 10.7. The zero-order valence-corrected chi connectivity index (χ0v) is 10.3. The molecule has 1 heterocycles. The third-order valence-electron chi connectivity index (χ3n) is 2.39. The lowest BCUT2D eigenvalue weighted by Gasteiger charge is -2.16. The maximum Gasteiger partial charge on any atom is 0.0821 e. The lowest BCUT2D eigenvalue weighted by molar-refractivity contribution is 0.543. The van der Waals surface area contributed by atoms with Crippen molar-refractivity contribution in [3.63, 3.8) is 0 Å². The van der Waals surface area contributed by atoms with Gasteiger partial charge in [-0.25, -0.2) is 0 Å². The number of aryl methyl sites for hydroxylation is 1. The van der Waals surface area contributed by atoms with Crippen molar-refractivity contribution >= 4 is 23.2 Å². The number of hydrogen-bond donors (Lipinski definition) is 0. The Hall–Kier alpha value is -0.210. The van der Waals surface area contributed by atoms with Gasteiger partial charge in [0.25, 0.3) is 0 Å². The molecule has 2 unspecified atom stereocenters. The van der Waals surface area contributed by atoms with Gasteiger partial charge in [-0.2, -0.15) is 5.10 Å². The number of rotatable bonds is 4. The second kappa shape index (κ2) is 5.04. The third-order valence-corrected chi connectivity index (χ3v) is 3.06. The third kappa shape index (κ3) is 2.43. The number of alkyl halides is 1. The molecule has 0 saturated heterocycles. The summed E-state index contributed by atoms with van der Waals surface area (Å²) in [5, 5.41) is 5.03. The van der Waals surface area contributed by atoms with Gasteiger partial charge in [-0.05, 0) is 13.3 Å². The molecular weight excluding hydrogens is 219 g/mol. The lowest BCUT2D eigenvalue weighted by Crippen LogP contribution is -2.13. The van der Waals surface area contributed by atoms with Crippen molar-refractivity contribution in [3.05, 3.63) is 16.9 Å². The van der Waals surface area contributed by atoms with E-state index in [0.717, 1.165) is 23.7 Å². The predicted molar refractivity (Wildman–Crippen MR) is 61.3 cm³/mol. The van der Waals surface area contributed by atoms with E-state index in [1.807, 2.05) is 11.6 Å². The van der Waals surface area contributed by atoms with Crippen LogP contribution in [-0.4, -0.2) is 15.2 Å². The van der Waals surface area contributed by atoms with E-state index in [1.54, 1.807) is 6.20 Å². The van der Waals surface area contributed by atoms with Crippen LogP contribution in [0.4, 0.5) is 0 Å². The van der Waals surface area contributed by atoms with Crippen LogP contribution in [0.25, 0.3) is 0 Å². The van der Waals surface area contributed by atoms with Crippen molar-refractivity contribution in [1.29, 1.82) is 0 Å². The predicted octanol–water partition coefficient (Wildman–Crippen LogP) is 3.68. The first-order valence-corrected chi connectivity index (χ1v) is 5.74. The molecule has 0 bridgehead atoms. The molecule has 2 atom stereocenters. The highest BCUT2D eigenvalue weighted by atomic mass is 35.5. The summed E-state index contributed by atoms with van der Waals surface area (Å²) in [5.74, 6) is 0.234. The summed E-state index contributed by atoms with van der Waals surface area (Å²) in [6, 6.07) is 0. The minimum Gasteiger partial charge on any atom is -0.268 e. The normalized spacial score (nSPS) is 15.5. The lowest BCUT2D eigenvalue weighted by atomic mass is 10.0. The van der Waals surface area contributed by atoms with Gasteiger partial charge in [-0.3, -0.25) is 4.68 Å². The van der Waals surface area contributed by atoms with E-state index in [0.29, 0.717) is 0 Å². The largest absolute Gasteiger partial charge is 0.268 e. The summed E-state index contributed by atoms with van der Waals surface area (Å²) in [5.41, 5.74) is 1.05. The van der Waals surface area contributed by atoms with E-state index < -0.39 is 0 Å². The first-order valence-electron chi connectivity index (χ1n) is 4.93. The summed E-state index contributed by atoms with van der Waals surface area (Å²) in [6.07, 6.45) is 2.75. The van der Waals surface area contributed by atoms with Gasteiger partial charge in [0, 0.05) is 17.8 Å². The smallest absolute Gasteiger partial charge is 0.0821 e. The van der Waals surface area contributed by atoms with Crippen molar-refractivity contribution in [2.75, 3.05) is 0 Å². The van der Waals surface area contributed by atoms with E-state index in [4.69, 9.17) is 23.2 Å². The molecule has 1 rings (SSSR count). The monoisotopic (exact) mass is 234 g/mol. The van der Waals surface area contributed by atoms with Crippen LogP contribution in [0, 0.1) is 0 Å². The van der Waals surface area contributed by atoms with E-state index >= 15 is 0 Å². The van der Waals surface area contributed by atoms with Gasteiger partial charge in [0.1, 0.15) is 0 Å². The highest BCUT2D eigenvalue weighted by Gasteiger charge is 2.19. The SMILES string of the molecule is CCCn1ncc(Cl)c1C(C)C(C)Cl. The molecule has 0 spiro atoms. The van der Waals surface area contributed by atoms with Crippen LogP contribution in [0.3, 0.4) is 0 Å². The Morgan fingerprint density at radius 3 is 2.64 bits per heavy atom. The van der Waals surface area contributed by atoms with Crippen LogP contribution in [0.1, 0.15) is 38.8 Å². The number of halogens is 2. The summed E-state index contributed by atoms with van der Waals surface area (Å²) in [6.45, 7) is 7.07. The molecule has 0 N–H and O–H groups in total. The van der Waals surface area contributed by atoms with Gasteiger partial charge in [-0.15, -0.1) is 11.6 Å². The van der Waals surface area contributed by atoms with Crippen molar-refractivity contribution in [1.82, 2.24) is 9.78 Å². The summed E-state index contributed by atoms with van der Waals surface area (Å²) in [7, 11) is 0. The van der Waals surface area contributed by atoms with Crippen LogP contribution < -0.4 is 0 Å². The topological polar surface area (TPSA) is 17.8 Å². The Labute approximate surface area is 95.2 Å². The first-order chi connectivity index (χ1) is 6.57. The van der Waals surface area contributed by atoms with E-state index in [2.05, 4.69) is 18.9 Å². The van der Waals surface area contributed by atoms with Crippen LogP contribution in [0.5, 0.6) is 0 Å². The molecule has 1 aromatic heterocycles. The molecule has 0 aliphatic rings. The Balaban J connectivity index is 2.97. The van der Waals surface area contributed by atoms with E-state index in [-0.39, 0.29) is 11.3 Å². The van der Waals surface area contributed by atoms with Gasteiger partial charge in [0.05, 0.1) is 16.9 Å². The second-order valence-electron chi connectivity index (χ2n) is 3.57. The standard InChI is InChI=1S/C10H16Cl2N2/c1-4-5-14-10(7(2)8(3)11)9(12)6-13-14/h6-8H,4-5H2,1-3H3. The van der Waals surface area contributed by atoms with Gasteiger partial charge in [0.2, 0.25) is 0 Å². The van der Waals surface area contributed by atoms with Crippen molar-refractivity contribution in [2.24, 2.45) is 0 Å². The summed E-state index contributed by atoms with van der Waals surface area (Å²) in [4.78, 5) is 0. The number of aromatic nitrogens is 2. The molecule has 2 nitrogen and oxygen atoms in total. The molecule has 4 heteroatoms. The van der Waals surface area contributed by atoms with Crippen LogP contribution >= 0.6 is 23.2 Å². The molecular formula is C10H16Cl2N2. The van der Waals surface area contributed by atoms with Crippen LogP contribution in [0.15, 0.2) is 6.20 Å². The fourth-order valence-corrected chi connectivity index (χ4v) is 1.86. The number of hydrogen-bond acceptors (Lipinski definition) is 1. The maximum absolute atomic E-state index is 6.08. The highest BCUT2D eigenvalue weighted by molar-refractivity contribution is 6.31. The molecule has 0 fully saturated rings. The molecule has 14 heavy (non-hydrogen) atoms. The highest BCUT2D eigenvalue weighted by Crippen LogP contribution is 2.29. The molecule has 0 saturated carbocycles. The second-order valence-corrected chi connectivity index (χ2v) is 4.66. The summed E-state index contributed by atoms with van der Waals surface area (Å²) < 4.78 is 1.95. The van der Waals surface area contributed by atoms with Gasteiger partial charge < -0.3 is 0 Å². The molecule has 0 aliphatic heterocycles. The minimum absolute atomic E-state index is 0.0693. The average molecular weight is 235 g/mol. The maximum atomic E-state index is 6.08. The van der Waals surface area contributed by atoms with E-state index in [9.17, 15) is 0 Å². The minimum atomic E-state index is 0.0693. The van der Waals surface area contributed by atoms with Crippen molar-refractivity contribution in [2.45, 2.75) is 45.0 Å². The quantitative estimate of drug-likeness (QED) is 0.728. The zero-order valence-electron chi connectivity index (χ0n) is 8.80. The van der Waals surface area contributed by atoms with Crippen molar-refractivity contribution in [3.8, 4) is 0 Å². The molecule has 0 aliphatic carbocycles. The molecule has 80 valence electrons. The molecule has 1 aromatic rings. The fraction of sp³-hybridized carbons (Fsp3) is 0.700. The number of nitrogens with zero attached hydrogens (tertiary/aromatic N) is 2.